The summed E-state index contributed by atoms with van der Waals surface area (Å²) in [5, 5.41) is 0. The van der Waals surface area contributed by atoms with E-state index in [9.17, 15) is 4.79 Å². The van der Waals surface area contributed by atoms with Gasteiger partial charge >= 0.3 is 0 Å². The SMILES string of the molecule is COc1cccc(OC)c1C(=O)N1c2ccccc2Sc2ccccc21. The number of ether oxygens (including phenoxy) is 2. The van der Waals surface area contributed by atoms with Crippen LogP contribution >= 0.6 is 11.8 Å². The van der Waals surface area contributed by atoms with Crippen LogP contribution in [-0.2, 0) is 0 Å². The molecule has 0 fully saturated rings. The zero-order valence-corrected chi connectivity index (χ0v) is 15.2. The lowest BCUT2D eigenvalue weighted by Gasteiger charge is -2.31. The summed E-state index contributed by atoms with van der Waals surface area (Å²) >= 11 is 1.66. The van der Waals surface area contributed by atoms with Crippen LogP contribution in [0, 0.1) is 0 Å². The molecule has 0 atom stereocenters. The van der Waals surface area contributed by atoms with Gasteiger partial charge in [0.1, 0.15) is 17.1 Å². The van der Waals surface area contributed by atoms with E-state index in [0.717, 1.165) is 21.2 Å². The normalized spacial score (nSPS) is 12.2. The molecule has 0 aromatic heterocycles. The Hall–Kier alpha value is -2.92. The summed E-state index contributed by atoms with van der Waals surface area (Å²) in [6.45, 7) is 0. The number of carbonyl (C=O) groups excluding carboxylic acids is 1. The van der Waals surface area contributed by atoms with Crippen molar-refractivity contribution in [1.29, 1.82) is 0 Å². The van der Waals surface area contributed by atoms with E-state index in [-0.39, 0.29) is 5.91 Å². The van der Waals surface area contributed by atoms with Gasteiger partial charge < -0.3 is 9.47 Å². The highest BCUT2D eigenvalue weighted by Crippen LogP contribution is 2.49. The van der Waals surface area contributed by atoms with Crippen molar-refractivity contribution in [2.45, 2.75) is 9.79 Å². The predicted molar refractivity (Wildman–Crippen MR) is 103 cm³/mol. The Labute approximate surface area is 156 Å². The highest BCUT2D eigenvalue weighted by atomic mass is 32.2. The summed E-state index contributed by atoms with van der Waals surface area (Å²) in [5.41, 5.74) is 2.12. The van der Waals surface area contributed by atoms with Crippen LogP contribution in [0.1, 0.15) is 10.4 Å². The van der Waals surface area contributed by atoms with Gasteiger partial charge in [0.2, 0.25) is 0 Å². The number of hydrogen-bond donors (Lipinski definition) is 0. The summed E-state index contributed by atoms with van der Waals surface area (Å²) in [6.07, 6.45) is 0. The van der Waals surface area contributed by atoms with Crippen LogP contribution in [0.5, 0.6) is 11.5 Å². The van der Waals surface area contributed by atoms with Crippen LogP contribution in [0.2, 0.25) is 0 Å². The molecule has 1 aliphatic rings. The van der Waals surface area contributed by atoms with Gasteiger partial charge in [0.05, 0.1) is 25.6 Å². The fourth-order valence-corrected chi connectivity index (χ4v) is 4.16. The largest absolute Gasteiger partial charge is 0.496 e. The van der Waals surface area contributed by atoms with Gasteiger partial charge in [-0.2, -0.15) is 0 Å². The lowest BCUT2D eigenvalue weighted by molar-refractivity contribution is 0.0992. The van der Waals surface area contributed by atoms with E-state index in [1.54, 1.807) is 43.0 Å². The fourth-order valence-electron chi connectivity index (χ4n) is 3.10. The first kappa shape index (κ1) is 16.5. The number of methoxy groups -OCH3 is 2. The molecule has 26 heavy (non-hydrogen) atoms. The Morgan fingerprint density at radius 2 is 1.27 bits per heavy atom. The maximum atomic E-state index is 13.6. The molecule has 0 radical (unpaired) electrons. The van der Waals surface area contributed by atoms with E-state index in [0.29, 0.717) is 17.1 Å². The van der Waals surface area contributed by atoms with E-state index < -0.39 is 0 Å². The molecule has 0 spiro atoms. The molecule has 0 aliphatic carbocycles. The van der Waals surface area contributed by atoms with E-state index >= 15 is 0 Å². The minimum absolute atomic E-state index is 0.181. The number of rotatable bonds is 3. The first-order chi connectivity index (χ1) is 12.7. The van der Waals surface area contributed by atoms with Crippen LogP contribution in [0.15, 0.2) is 76.5 Å². The molecule has 4 rings (SSSR count). The van der Waals surface area contributed by atoms with Crippen molar-refractivity contribution < 1.29 is 14.3 Å². The highest BCUT2D eigenvalue weighted by Gasteiger charge is 2.31. The van der Waals surface area contributed by atoms with Crippen molar-refractivity contribution in [2.24, 2.45) is 0 Å². The van der Waals surface area contributed by atoms with Gasteiger partial charge in [-0.25, -0.2) is 0 Å². The average Bonchev–Trinajstić information content (AvgIpc) is 2.70. The van der Waals surface area contributed by atoms with Crippen molar-refractivity contribution >= 4 is 29.0 Å². The Kier molecular flexibility index (Phi) is 4.31. The van der Waals surface area contributed by atoms with Crippen molar-refractivity contribution in [3.8, 4) is 11.5 Å². The van der Waals surface area contributed by atoms with E-state index in [4.69, 9.17) is 9.47 Å². The summed E-state index contributed by atoms with van der Waals surface area (Å²) in [4.78, 5) is 17.5. The van der Waals surface area contributed by atoms with E-state index in [1.165, 1.54) is 0 Å². The lowest BCUT2D eigenvalue weighted by atomic mass is 10.1. The molecule has 3 aromatic rings. The maximum absolute atomic E-state index is 13.6. The second-order valence-electron chi connectivity index (χ2n) is 5.72. The number of hydrogen-bond acceptors (Lipinski definition) is 4. The van der Waals surface area contributed by atoms with Gasteiger partial charge in [-0.05, 0) is 36.4 Å². The topological polar surface area (TPSA) is 38.8 Å². The number of nitrogens with zero attached hydrogens (tertiary/aromatic N) is 1. The molecule has 0 saturated carbocycles. The quantitative estimate of drug-likeness (QED) is 0.645. The van der Waals surface area contributed by atoms with E-state index in [1.807, 2.05) is 54.6 Å². The highest BCUT2D eigenvalue weighted by molar-refractivity contribution is 7.99. The summed E-state index contributed by atoms with van der Waals surface area (Å²) in [6, 6.07) is 21.1. The van der Waals surface area contributed by atoms with Crippen molar-refractivity contribution in [3.63, 3.8) is 0 Å². The molecule has 130 valence electrons. The molecule has 1 heterocycles. The molecule has 0 bridgehead atoms. The molecule has 0 N–H and O–H groups in total. The molecule has 0 saturated heterocycles. The Bertz CT molecular complexity index is 919. The second kappa shape index (κ2) is 6.77. The van der Waals surface area contributed by atoms with Gasteiger partial charge in [-0.1, -0.05) is 42.1 Å². The van der Waals surface area contributed by atoms with Gasteiger partial charge in [0.15, 0.2) is 0 Å². The Balaban J connectivity index is 1.93. The van der Waals surface area contributed by atoms with Crippen molar-refractivity contribution in [2.75, 3.05) is 19.1 Å². The molecular formula is C21H17NO3S. The van der Waals surface area contributed by atoms with Crippen LogP contribution in [0.3, 0.4) is 0 Å². The number of amides is 1. The van der Waals surface area contributed by atoms with Gasteiger partial charge in [-0.15, -0.1) is 0 Å². The third-order valence-corrected chi connectivity index (χ3v) is 5.41. The Morgan fingerprint density at radius 1 is 0.769 bits per heavy atom. The molecule has 0 unspecified atom stereocenters. The Morgan fingerprint density at radius 3 is 1.77 bits per heavy atom. The summed E-state index contributed by atoms with van der Waals surface area (Å²) < 4.78 is 10.9. The predicted octanol–water partition coefficient (Wildman–Crippen LogP) is 5.15. The van der Waals surface area contributed by atoms with Crippen LogP contribution in [-0.4, -0.2) is 20.1 Å². The number of benzene rings is 3. The number of carbonyl (C=O) groups is 1. The van der Waals surface area contributed by atoms with E-state index in [2.05, 4.69) is 0 Å². The van der Waals surface area contributed by atoms with Crippen molar-refractivity contribution in [1.82, 2.24) is 0 Å². The second-order valence-corrected chi connectivity index (χ2v) is 6.80. The number of fused-ring (bicyclic) bond motifs is 2. The maximum Gasteiger partial charge on any atom is 0.270 e. The lowest BCUT2D eigenvalue weighted by Crippen LogP contribution is -2.29. The third-order valence-electron chi connectivity index (χ3n) is 4.28. The van der Waals surface area contributed by atoms with Gasteiger partial charge in [0, 0.05) is 9.79 Å². The molecule has 1 aliphatic heterocycles. The summed E-state index contributed by atoms with van der Waals surface area (Å²) in [5.74, 6) is 0.796. The third kappa shape index (κ3) is 2.61. The first-order valence-electron chi connectivity index (χ1n) is 8.16. The molecule has 1 amide bonds. The van der Waals surface area contributed by atoms with Gasteiger partial charge in [-0.3, -0.25) is 9.69 Å². The van der Waals surface area contributed by atoms with Crippen molar-refractivity contribution in [3.05, 3.63) is 72.3 Å². The molecule has 3 aromatic carbocycles. The smallest absolute Gasteiger partial charge is 0.270 e. The minimum atomic E-state index is -0.181. The monoisotopic (exact) mass is 363 g/mol. The molecular weight excluding hydrogens is 346 g/mol. The average molecular weight is 363 g/mol. The van der Waals surface area contributed by atoms with Crippen LogP contribution in [0.4, 0.5) is 11.4 Å². The van der Waals surface area contributed by atoms with Gasteiger partial charge in [0.25, 0.3) is 5.91 Å². The molecule has 4 nitrogen and oxygen atoms in total. The van der Waals surface area contributed by atoms with Crippen LogP contribution in [0.25, 0.3) is 0 Å². The first-order valence-corrected chi connectivity index (χ1v) is 8.97. The summed E-state index contributed by atoms with van der Waals surface area (Å²) in [7, 11) is 3.11. The fraction of sp³-hybridized carbons (Fsp3) is 0.0952. The minimum Gasteiger partial charge on any atom is -0.496 e. The zero-order chi connectivity index (χ0) is 18.1. The molecule has 5 heteroatoms. The zero-order valence-electron chi connectivity index (χ0n) is 14.4. The standard InChI is InChI=1S/C21H17NO3S/c1-24-16-10-7-11-17(25-2)20(16)21(23)22-14-8-3-5-12-18(14)26-19-13-6-4-9-15(19)22/h3-13H,1-2H3. The number of para-hydroxylation sites is 2. The van der Waals surface area contributed by atoms with Crippen LogP contribution < -0.4 is 14.4 Å². The number of anilines is 2.